The van der Waals surface area contributed by atoms with Crippen LogP contribution in [0.25, 0.3) is 5.69 Å². The van der Waals surface area contributed by atoms with Crippen molar-refractivity contribution in [2.45, 2.75) is 20.0 Å². The molecular weight excluding hydrogens is 390 g/mol. The first-order valence-corrected chi connectivity index (χ1v) is 8.67. The van der Waals surface area contributed by atoms with Gasteiger partial charge >= 0.3 is 5.97 Å². The Bertz CT molecular complexity index is 1030. The Hall–Kier alpha value is -3.06. The Labute approximate surface area is 164 Å². The van der Waals surface area contributed by atoms with Crippen molar-refractivity contribution in [1.82, 2.24) is 9.78 Å². The van der Waals surface area contributed by atoms with E-state index in [0.717, 1.165) is 12.1 Å². The second kappa shape index (κ2) is 7.90. The van der Waals surface area contributed by atoms with Crippen molar-refractivity contribution in [3.05, 3.63) is 82.1 Å². The molecular formula is C20H15ClF2N2O3. The fourth-order valence-corrected chi connectivity index (χ4v) is 2.96. The van der Waals surface area contributed by atoms with Gasteiger partial charge in [-0.2, -0.15) is 5.10 Å². The van der Waals surface area contributed by atoms with E-state index >= 15 is 0 Å². The first kappa shape index (κ1) is 19.7. The van der Waals surface area contributed by atoms with Gasteiger partial charge in [-0.25, -0.2) is 18.3 Å². The predicted octanol–water partition coefficient (Wildman–Crippen LogP) is 4.54. The highest BCUT2D eigenvalue weighted by Crippen LogP contribution is 2.25. The Kier molecular flexibility index (Phi) is 5.56. The van der Waals surface area contributed by atoms with Gasteiger partial charge in [0.2, 0.25) is 5.78 Å². The molecule has 0 aliphatic carbocycles. The Morgan fingerprint density at radius 1 is 1.04 bits per heavy atom. The summed E-state index contributed by atoms with van der Waals surface area (Å²) < 4.78 is 32.6. The van der Waals surface area contributed by atoms with Gasteiger partial charge < -0.3 is 4.74 Å². The van der Waals surface area contributed by atoms with Gasteiger partial charge in [0, 0.05) is 5.56 Å². The minimum atomic E-state index is -1.11. The van der Waals surface area contributed by atoms with Gasteiger partial charge in [0.05, 0.1) is 11.4 Å². The van der Waals surface area contributed by atoms with E-state index in [0.29, 0.717) is 11.4 Å². The van der Waals surface area contributed by atoms with Crippen LogP contribution in [-0.2, 0) is 4.74 Å². The third kappa shape index (κ3) is 3.94. The summed E-state index contributed by atoms with van der Waals surface area (Å²) in [4.78, 5) is 24.9. The second-order valence-corrected chi connectivity index (χ2v) is 6.42. The molecule has 0 spiro atoms. The van der Waals surface area contributed by atoms with Crippen molar-refractivity contribution in [2.24, 2.45) is 0 Å². The number of nitrogens with zero attached hydrogens (tertiary/aromatic N) is 2. The molecule has 5 nitrogen and oxygen atoms in total. The lowest BCUT2D eigenvalue weighted by Gasteiger charge is -2.12. The summed E-state index contributed by atoms with van der Waals surface area (Å²) in [7, 11) is 0. The number of aryl methyl sites for hydroxylation is 1. The average molecular weight is 405 g/mol. The summed E-state index contributed by atoms with van der Waals surface area (Å²) in [6.07, 6.45) is -1.11. The molecule has 0 aliphatic rings. The van der Waals surface area contributed by atoms with Crippen LogP contribution in [0.2, 0.25) is 5.15 Å². The zero-order valence-corrected chi connectivity index (χ0v) is 15.7. The van der Waals surface area contributed by atoms with Crippen molar-refractivity contribution < 1.29 is 23.1 Å². The van der Waals surface area contributed by atoms with Crippen LogP contribution < -0.4 is 0 Å². The number of aromatic nitrogens is 2. The lowest BCUT2D eigenvalue weighted by molar-refractivity contribution is 0.0318. The molecule has 3 rings (SSSR count). The molecule has 144 valence electrons. The summed E-state index contributed by atoms with van der Waals surface area (Å²) in [5.74, 6) is -2.19. The number of carbonyl (C=O) groups excluding carboxylic acids is 2. The number of ketones is 1. The van der Waals surface area contributed by atoms with E-state index < -0.39 is 29.5 Å². The summed E-state index contributed by atoms with van der Waals surface area (Å²) >= 11 is 6.28. The molecule has 0 saturated heterocycles. The third-order valence-corrected chi connectivity index (χ3v) is 4.41. The van der Waals surface area contributed by atoms with Gasteiger partial charge in [-0.3, -0.25) is 4.79 Å². The number of rotatable bonds is 5. The monoisotopic (exact) mass is 404 g/mol. The normalized spacial score (nSPS) is 11.9. The van der Waals surface area contributed by atoms with E-state index in [1.807, 2.05) is 0 Å². The largest absolute Gasteiger partial charge is 0.451 e. The summed E-state index contributed by atoms with van der Waals surface area (Å²) in [6.45, 7) is 2.98. The van der Waals surface area contributed by atoms with Crippen LogP contribution in [0.1, 0.15) is 33.3 Å². The minimum Gasteiger partial charge on any atom is -0.451 e. The molecule has 1 atom stereocenters. The maximum Gasteiger partial charge on any atom is 0.343 e. The molecule has 0 fully saturated rings. The fraction of sp³-hybridized carbons (Fsp3) is 0.150. The highest BCUT2D eigenvalue weighted by atomic mass is 35.5. The number of benzene rings is 2. The summed E-state index contributed by atoms with van der Waals surface area (Å²) in [5, 5.41) is 4.17. The highest BCUT2D eigenvalue weighted by molar-refractivity contribution is 6.33. The van der Waals surface area contributed by atoms with E-state index in [4.69, 9.17) is 16.3 Å². The minimum absolute atomic E-state index is 0.00440. The van der Waals surface area contributed by atoms with Crippen molar-refractivity contribution >= 4 is 23.4 Å². The smallest absolute Gasteiger partial charge is 0.343 e. The van der Waals surface area contributed by atoms with Crippen molar-refractivity contribution in [2.75, 3.05) is 0 Å². The standard InChI is InChI=1S/C20H15ClF2N2O3/c1-11-17(19(21)25(24-11)16-9-7-15(23)8-10-16)20(27)28-12(2)18(26)13-3-5-14(22)6-4-13/h3-10,12H,1-2H3/t12-/m1/s1. The van der Waals surface area contributed by atoms with Gasteiger partial charge in [-0.1, -0.05) is 11.6 Å². The number of hydrogen-bond donors (Lipinski definition) is 0. The van der Waals surface area contributed by atoms with Crippen molar-refractivity contribution in [1.29, 1.82) is 0 Å². The fourth-order valence-electron chi connectivity index (χ4n) is 2.61. The number of halogens is 3. The number of esters is 1. The zero-order valence-electron chi connectivity index (χ0n) is 14.9. The van der Waals surface area contributed by atoms with Crippen LogP contribution in [0.5, 0.6) is 0 Å². The van der Waals surface area contributed by atoms with E-state index in [2.05, 4.69) is 5.10 Å². The lowest BCUT2D eigenvalue weighted by atomic mass is 10.1. The van der Waals surface area contributed by atoms with Crippen LogP contribution in [0, 0.1) is 18.6 Å². The molecule has 0 bridgehead atoms. The topological polar surface area (TPSA) is 61.2 Å². The quantitative estimate of drug-likeness (QED) is 0.462. The molecule has 0 saturated carbocycles. The SMILES string of the molecule is Cc1nn(-c2ccc(F)cc2)c(Cl)c1C(=O)O[C@H](C)C(=O)c1ccc(F)cc1. The predicted molar refractivity (Wildman–Crippen MR) is 98.9 cm³/mol. The first-order valence-electron chi connectivity index (χ1n) is 8.29. The van der Waals surface area contributed by atoms with E-state index in [1.54, 1.807) is 6.92 Å². The molecule has 8 heteroatoms. The Morgan fingerprint density at radius 3 is 2.14 bits per heavy atom. The van der Waals surface area contributed by atoms with Gasteiger partial charge in [-0.05, 0) is 62.4 Å². The van der Waals surface area contributed by atoms with Crippen LogP contribution >= 0.6 is 11.6 Å². The van der Waals surface area contributed by atoms with E-state index in [9.17, 15) is 18.4 Å². The molecule has 28 heavy (non-hydrogen) atoms. The molecule has 0 aliphatic heterocycles. The number of carbonyl (C=O) groups is 2. The Morgan fingerprint density at radius 2 is 1.57 bits per heavy atom. The number of ether oxygens (including phenoxy) is 1. The second-order valence-electron chi connectivity index (χ2n) is 6.06. The van der Waals surface area contributed by atoms with Crippen LogP contribution in [-0.4, -0.2) is 27.6 Å². The number of Topliss-reactive ketones (excluding diaryl/α,β-unsaturated/α-hetero) is 1. The molecule has 1 aromatic heterocycles. The highest BCUT2D eigenvalue weighted by Gasteiger charge is 2.26. The van der Waals surface area contributed by atoms with Crippen molar-refractivity contribution in [3.8, 4) is 5.69 Å². The third-order valence-electron chi connectivity index (χ3n) is 4.06. The van der Waals surface area contributed by atoms with E-state index in [-0.39, 0.29) is 16.3 Å². The van der Waals surface area contributed by atoms with Crippen molar-refractivity contribution in [3.63, 3.8) is 0 Å². The lowest BCUT2D eigenvalue weighted by Crippen LogP contribution is -2.24. The van der Waals surface area contributed by atoms with Crippen LogP contribution in [0.15, 0.2) is 48.5 Å². The first-order chi connectivity index (χ1) is 13.3. The zero-order chi connectivity index (χ0) is 20.4. The molecule has 2 aromatic carbocycles. The summed E-state index contributed by atoms with van der Waals surface area (Å²) in [5.41, 5.74) is 0.973. The Balaban J connectivity index is 1.81. The maximum absolute atomic E-state index is 13.1. The maximum atomic E-state index is 13.1. The molecule has 0 unspecified atom stereocenters. The molecule has 1 heterocycles. The van der Waals surface area contributed by atoms with E-state index in [1.165, 1.54) is 48.0 Å². The molecule has 0 N–H and O–H groups in total. The molecule has 0 radical (unpaired) electrons. The average Bonchev–Trinajstić information content (AvgIpc) is 2.96. The number of hydrogen-bond acceptors (Lipinski definition) is 4. The van der Waals surface area contributed by atoms with Gasteiger partial charge in [-0.15, -0.1) is 0 Å². The van der Waals surface area contributed by atoms with Gasteiger partial charge in [0.15, 0.2) is 6.10 Å². The summed E-state index contributed by atoms with van der Waals surface area (Å²) in [6, 6.07) is 10.3. The molecule has 0 amide bonds. The van der Waals surface area contributed by atoms with Gasteiger partial charge in [0.25, 0.3) is 0 Å². The van der Waals surface area contributed by atoms with Crippen LogP contribution in [0.4, 0.5) is 8.78 Å². The van der Waals surface area contributed by atoms with Gasteiger partial charge in [0.1, 0.15) is 22.4 Å². The van der Waals surface area contributed by atoms with Crippen LogP contribution in [0.3, 0.4) is 0 Å². The molecule has 3 aromatic rings.